The summed E-state index contributed by atoms with van der Waals surface area (Å²) in [5.41, 5.74) is 0.526. The summed E-state index contributed by atoms with van der Waals surface area (Å²) >= 11 is 0. The molecule has 2 N–H and O–H groups in total. The highest BCUT2D eigenvalue weighted by atomic mass is 16.2. The second-order valence-corrected chi connectivity index (χ2v) is 3.02. The first-order valence-corrected chi connectivity index (χ1v) is 4.69. The third-order valence-corrected chi connectivity index (χ3v) is 1.92. The third kappa shape index (κ3) is 3.41. The van der Waals surface area contributed by atoms with Gasteiger partial charge < -0.3 is 10.6 Å². The van der Waals surface area contributed by atoms with Crippen LogP contribution in [0.25, 0.3) is 0 Å². The summed E-state index contributed by atoms with van der Waals surface area (Å²) in [5.74, 6) is -0.152. The molecule has 0 saturated carbocycles. The predicted molar refractivity (Wildman–Crippen MR) is 54.2 cm³/mol. The van der Waals surface area contributed by atoms with Crippen molar-refractivity contribution in [3.05, 3.63) is 18.0 Å². The molecule has 0 atom stereocenters. The maximum atomic E-state index is 11.5. The zero-order valence-electron chi connectivity index (χ0n) is 8.56. The molecule has 15 heavy (non-hydrogen) atoms. The van der Waals surface area contributed by atoms with Gasteiger partial charge in [-0.3, -0.25) is 14.3 Å². The van der Waals surface area contributed by atoms with E-state index in [0.29, 0.717) is 31.6 Å². The number of carbonyl (C=O) groups is 2. The number of aromatic nitrogens is 2. The van der Waals surface area contributed by atoms with E-state index in [9.17, 15) is 9.59 Å². The molecule has 0 aromatic carbocycles. The average molecular weight is 210 g/mol. The molecule has 0 fully saturated rings. The van der Waals surface area contributed by atoms with Crippen LogP contribution in [0.15, 0.2) is 12.3 Å². The second-order valence-electron chi connectivity index (χ2n) is 3.02. The largest absolute Gasteiger partial charge is 0.359 e. The van der Waals surface area contributed by atoms with Crippen molar-refractivity contribution in [2.45, 2.75) is 6.42 Å². The van der Waals surface area contributed by atoms with E-state index in [2.05, 4.69) is 15.7 Å². The van der Waals surface area contributed by atoms with Gasteiger partial charge in [0.1, 0.15) is 5.69 Å². The van der Waals surface area contributed by atoms with Gasteiger partial charge in [-0.1, -0.05) is 0 Å². The Morgan fingerprint density at radius 2 is 2.40 bits per heavy atom. The lowest BCUT2D eigenvalue weighted by atomic mass is 10.3. The SMILES string of the molecule is Cn1nccc1C(=O)NCCCNC=O. The number of amides is 2. The highest BCUT2D eigenvalue weighted by Crippen LogP contribution is 1.95. The van der Waals surface area contributed by atoms with Crippen molar-refractivity contribution in [2.24, 2.45) is 7.05 Å². The first-order chi connectivity index (χ1) is 7.25. The van der Waals surface area contributed by atoms with Gasteiger partial charge in [0.15, 0.2) is 0 Å². The fourth-order valence-corrected chi connectivity index (χ4v) is 1.14. The Morgan fingerprint density at radius 1 is 1.60 bits per heavy atom. The molecule has 0 spiro atoms. The lowest BCUT2D eigenvalue weighted by Gasteiger charge is -2.04. The summed E-state index contributed by atoms with van der Waals surface area (Å²) in [6.07, 6.45) is 2.92. The van der Waals surface area contributed by atoms with Crippen molar-refractivity contribution in [1.82, 2.24) is 20.4 Å². The molecule has 6 heteroatoms. The summed E-state index contributed by atoms with van der Waals surface area (Å²) in [6.45, 7) is 1.10. The maximum Gasteiger partial charge on any atom is 0.269 e. The van der Waals surface area contributed by atoms with Crippen LogP contribution in [-0.2, 0) is 11.8 Å². The van der Waals surface area contributed by atoms with E-state index >= 15 is 0 Å². The zero-order chi connectivity index (χ0) is 11.1. The van der Waals surface area contributed by atoms with E-state index in [4.69, 9.17) is 0 Å². The molecule has 2 amide bonds. The molecule has 82 valence electrons. The van der Waals surface area contributed by atoms with Crippen LogP contribution in [0.2, 0.25) is 0 Å². The van der Waals surface area contributed by atoms with E-state index in [0.717, 1.165) is 0 Å². The van der Waals surface area contributed by atoms with Gasteiger partial charge >= 0.3 is 0 Å². The fraction of sp³-hybridized carbons (Fsp3) is 0.444. The molecule has 1 rings (SSSR count). The van der Waals surface area contributed by atoms with Crippen LogP contribution in [0.4, 0.5) is 0 Å². The molecule has 0 saturated heterocycles. The Morgan fingerprint density at radius 3 is 3.00 bits per heavy atom. The molecule has 0 unspecified atom stereocenters. The van der Waals surface area contributed by atoms with Crippen molar-refractivity contribution in [1.29, 1.82) is 0 Å². The number of carbonyl (C=O) groups excluding carboxylic acids is 2. The van der Waals surface area contributed by atoms with Crippen LogP contribution in [0.1, 0.15) is 16.9 Å². The smallest absolute Gasteiger partial charge is 0.269 e. The number of aryl methyl sites for hydroxylation is 1. The van der Waals surface area contributed by atoms with Gasteiger partial charge in [0.05, 0.1) is 0 Å². The molecule has 6 nitrogen and oxygen atoms in total. The van der Waals surface area contributed by atoms with E-state index in [1.807, 2.05) is 0 Å². The minimum Gasteiger partial charge on any atom is -0.359 e. The van der Waals surface area contributed by atoms with Crippen molar-refractivity contribution in [2.75, 3.05) is 13.1 Å². The average Bonchev–Trinajstić information content (AvgIpc) is 2.64. The maximum absolute atomic E-state index is 11.5. The highest BCUT2D eigenvalue weighted by Gasteiger charge is 2.07. The third-order valence-electron chi connectivity index (χ3n) is 1.92. The lowest BCUT2D eigenvalue weighted by Crippen LogP contribution is -2.28. The predicted octanol–water partition coefficient (Wildman–Crippen LogP) is -0.714. The Hall–Kier alpha value is -1.85. The molecule has 0 aliphatic rings. The van der Waals surface area contributed by atoms with E-state index < -0.39 is 0 Å². The molecular formula is C9H14N4O2. The number of hydrogen-bond acceptors (Lipinski definition) is 3. The van der Waals surface area contributed by atoms with Crippen molar-refractivity contribution in [3.8, 4) is 0 Å². The van der Waals surface area contributed by atoms with Gasteiger partial charge in [-0.05, 0) is 12.5 Å². The quantitative estimate of drug-likeness (QED) is 0.481. The standard InChI is InChI=1S/C9H14N4O2/c1-13-8(3-6-12-13)9(15)11-5-2-4-10-7-14/h3,6-7H,2,4-5H2,1H3,(H,10,14)(H,11,15). The molecule has 1 aromatic heterocycles. The van der Waals surface area contributed by atoms with Gasteiger partial charge in [0, 0.05) is 26.3 Å². The van der Waals surface area contributed by atoms with E-state index in [1.54, 1.807) is 19.3 Å². The van der Waals surface area contributed by atoms with Gasteiger partial charge in [-0.25, -0.2) is 0 Å². The zero-order valence-corrected chi connectivity index (χ0v) is 8.56. The normalized spacial score (nSPS) is 9.67. The summed E-state index contributed by atoms with van der Waals surface area (Å²) in [4.78, 5) is 21.4. The topological polar surface area (TPSA) is 76.0 Å². The molecule has 1 aromatic rings. The van der Waals surface area contributed by atoms with Crippen LogP contribution < -0.4 is 10.6 Å². The Balaban J connectivity index is 2.25. The molecule has 0 radical (unpaired) electrons. The molecule has 0 bridgehead atoms. The summed E-state index contributed by atoms with van der Waals surface area (Å²) in [5, 5.41) is 9.14. The first kappa shape index (κ1) is 11.2. The van der Waals surface area contributed by atoms with Crippen LogP contribution >= 0.6 is 0 Å². The lowest BCUT2D eigenvalue weighted by molar-refractivity contribution is -0.109. The second kappa shape index (κ2) is 5.79. The van der Waals surface area contributed by atoms with E-state index in [-0.39, 0.29) is 5.91 Å². The van der Waals surface area contributed by atoms with Gasteiger partial charge in [-0.2, -0.15) is 5.10 Å². The minimum atomic E-state index is -0.152. The molecular weight excluding hydrogens is 196 g/mol. The summed E-state index contributed by atoms with van der Waals surface area (Å²) in [7, 11) is 1.71. The van der Waals surface area contributed by atoms with Crippen molar-refractivity contribution in [3.63, 3.8) is 0 Å². The Labute approximate surface area is 87.7 Å². The van der Waals surface area contributed by atoms with Crippen LogP contribution in [-0.4, -0.2) is 35.2 Å². The minimum absolute atomic E-state index is 0.152. The number of nitrogens with one attached hydrogen (secondary N) is 2. The Kier molecular flexibility index (Phi) is 4.33. The van der Waals surface area contributed by atoms with Crippen LogP contribution in [0.5, 0.6) is 0 Å². The van der Waals surface area contributed by atoms with Crippen LogP contribution in [0.3, 0.4) is 0 Å². The van der Waals surface area contributed by atoms with Gasteiger partial charge in [0.2, 0.25) is 6.41 Å². The first-order valence-electron chi connectivity index (χ1n) is 4.69. The number of nitrogens with zero attached hydrogens (tertiary/aromatic N) is 2. The fourth-order valence-electron chi connectivity index (χ4n) is 1.14. The molecule has 1 heterocycles. The molecule has 0 aliphatic heterocycles. The summed E-state index contributed by atoms with van der Waals surface area (Å²) in [6, 6.07) is 1.65. The molecule has 0 aliphatic carbocycles. The van der Waals surface area contributed by atoms with Crippen molar-refractivity contribution >= 4 is 12.3 Å². The van der Waals surface area contributed by atoms with Crippen molar-refractivity contribution < 1.29 is 9.59 Å². The highest BCUT2D eigenvalue weighted by molar-refractivity contribution is 5.92. The Bertz CT molecular complexity index is 335. The number of hydrogen-bond donors (Lipinski definition) is 2. The van der Waals surface area contributed by atoms with E-state index in [1.165, 1.54) is 4.68 Å². The van der Waals surface area contributed by atoms with Gasteiger partial charge in [-0.15, -0.1) is 0 Å². The summed E-state index contributed by atoms with van der Waals surface area (Å²) < 4.78 is 1.51. The monoisotopic (exact) mass is 210 g/mol. The number of rotatable bonds is 6. The van der Waals surface area contributed by atoms with Gasteiger partial charge in [0.25, 0.3) is 5.91 Å². The van der Waals surface area contributed by atoms with Crippen LogP contribution in [0, 0.1) is 0 Å².